The smallest absolute Gasteiger partial charge is 0.224 e. The predicted molar refractivity (Wildman–Crippen MR) is 82.5 cm³/mol. The standard InChI is InChI=1S/C15H31NO2Si/c1-7-8-9-12-16-13(17)10-11-14(16)18-19(5,6)15(2,3)4/h14H,7-12H2,1-6H3/t14-/m1/s1. The van der Waals surface area contributed by atoms with Gasteiger partial charge in [-0.3, -0.25) is 4.79 Å². The van der Waals surface area contributed by atoms with E-state index in [9.17, 15) is 4.79 Å². The van der Waals surface area contributed by atoms with Gasteiger partial charge in [0, 0.05) is 19.4 Å². The molecule has 4 heteroatoms. The minimum absolute atomic E-state index is 0.0326. The van der Waals surface area contributed by atoms with Crippen LogP contribution in [0.2, 0.25) is 18.1 Å². The summed E-state index contributed by atoms with van der Waals surface area (Å²) in [5.41, 5.74) is 0. The number of unbranched alkanes of at least 4 members (excludes halogenated alkanes) is 2. The molecule has 0 aromatic heterocycles. The number of hydrogen-bond donors (Lipinski definition) is 0. The molecule has 0 aromatic carbocycles. The van der Waals surface area contributed by atoms with Crippen LogP contribution in [0.1, 0.15) is 59.8 Å². The van der Waals surface area contributed by atoms with Gasteiger partial charge in [-0.25, -0.2) is 0 Å². The normalized spacial score (nSPS) is 21.3. The fraction of sp³-hybridized carbons (Fsp3) is 0.933. The summed E-state index contributed by atoms with van der Waals surface area (Å²) >= 11 is 0. The Morgan fingerprint density at radius 1 is 1.32 bits per heavy atom. The average molecular weight is 286 g/mol. The van der Waals surface area contributed by atoms with Crippen LogP contribution in [0.15, 0.2) is 0 Å². The lowest BCUT2D eigenvalue weighted by atomic mass is 10.2. The topological polar surface area (TPSA) is 29.5 Å². The van der Waals surface area contributed by atoms with Crippen molar-refractivity contribution in [3.63, 3.8) is 0 Å². The first kappa shape index (κ1) is 16.7. The van der Waals surface area contributed by atoms with Crippen LogP contribution in [0.4, 0.5) is 0 Å². The van der Waals surface area contributed by atoms with Gasteiger partial charge in [0.25, 0.3) is 0 Å². The van der Waals surface area contributed by atoms with Gasteiger partial charge >= 0.3 is 0 Å². The molecule has 1 rings (SSSR count). The first-order chi connectivity index (χ1) is 8.69. The third kappa shape index (κ3) is 4.31. The number of carbonyl (C=O) groups is 1. The summed E-state index contributed by atoms with van der Waals surface area (Å²) in [5, 5.41) is 0.202. The van der Waals surface area contributed by atoms with Crippen molar-refractivity contribution in [3.8, 4) is 0 Å². The molecule has 0 aliphatic carbocycles. The average Bonchev–Trinajstić information content (AvgIpc) is 2.59. The highest BCUT2D eigenvalue weighted by molar-refractivity contribution is 6.74. The maximum atomic E-state index is 12.0. The van der Waals surface area contributed by atoms with Gasteiger partial charge in [-0.2, -0.15) is 0 Å². The van der Waals surface area contributed by atoms with E-state index in [2.05, 4.69) is 40.8 Å². The second-order valence-corrected chi connectivity index (χ2v) is 11.9. The van der Waals surface area contributed by atoms with E-state index in [1.54, 1.807) is 0 Å². The summed E-state index contributed by atoms with van der Waals surface area (Å²) in [6.45, 7) is 14.3. The Bertz CT molecular complexity index is 310. The number of carbonyl (C=O) groups excluding carboxylic acids is 1. The lowest BCUT2D eigenvalue weighted by Gasteiger charge is -2.40. The molecule has 0 radical (unpaired) electrons. The minimum atomic E-state index is -1.78. The summed E-state index contributed by atoms with van der Waals surface area (Å²) in [4.78, 5) is 14.0. The first-order valence-corrected chi connectivity index (χ1v) is 10.6. The predicted octanol–water partition coefficient (Wildman–Crippen LogP) is 4.15. The molecule has 0 N–H and O–H groups in total. The monoisotopic (exact) mass is 285 g/mol. The van der Waals surface area contributed by atoms with E-state index in [1.165, 1.54) is 12.8 Å². The molecule has 3 nitrogen and oxygen atoms in total. The second kappa shape index (κ2) is 6.40. The molecule has 1 aliphatic rings. The zero-order valence-corrected chi connectivity index (χ0v) is 14.6. The molecule has 1 atom stereocenters. The highest BCUT2D eigenvalue weighted by Gasteiger charge is 2.42. The summed E-state index contributed by atoms with van der Waals surface area (Å²) in [5.74, 6) is 0.278. The van der Waals surface area contributed by atoms with Gasteiger partial charge < -0.3 is 9.33 Å². The van der Waals surface area contributed by atoms with Crippen LogP contribution in [0.3, 0.4) is 0 Å². The third-order valence-corrected chi connectivity index (χ3v) is 8.99. The van der Waals surface area contributed by atoms with Crippen LogP contribution < -0.4 is 0 Å². The quantitative estimate of drug-likeness (QED) is 0.542. The van der Waals surface area contributed by atoms with E-state index < -0.39 is 8.32 Å². The Kier molecular flexibility index (Phi) is 5.62. The van der Waals surface area contributed by atoms with Gasteiger partial charge in [0.15, 0.2) is 8.32 Å². The minimum Gasteiger partial charge on any atom is -0.397 e. The zero-order chi connectivity index (χ0) is 14.7. The number of amides is 1. The van der Waals surface area contributed by atoms with E-state index in [4.69, 9.17) is 4.43 Å². The molecule has 0 unspecified atom stereocenters. The van der Waals surface area contributed by atoms with E-state index in [0.29, 0.717) is 6.42 Å². The van der Waals surface area contributed by atoms with Crippen LogP contribution in [-0.2, 0) is 9.22 Å². The van der Waals surface area contributed by atoms with Crippen molar-refractivity contribution in [2.24, 2.45) is 0 Å². The molecule has 0 saturated carbocycles. The van der Waals surface area contributed by atoms with Crippen LogP contribution in [0.5, 0.6) is 0 Å². The number of likely N-dealkylation sites (tertiary alicyclic amines) is 1. The van der Waals surface area contributed by atoms with Crippen molar-refractivity contribution >= 4 is 14.2 Å². The van der Waals surface area contributed by atoms with E-state index >= 15 is 0 Å². The molecule has 0 bridgehead atoms. The van der Waals surface area contributed by atoms with Crippen molar-refractivity contribution in [3.05, 3.63) is 0 Å². The molecule has 1 fully saturated rings. The summed E-state index contributed by atoms with van der Waals surface area (Å²) in [6, 6.07) is 0. The lowest BCUT2D eigenvalue weighted by Crippen LogP contribution is -2.48. The molecule has 1 aliphatic heterocycles. The van der Waals surface area contributed by atoms with Crippen molar-refractivity contribution in [2.75, 3.05) is 6.54 Å². The SMILES string of the molecule is CCCCCN1C(=O)CC[C@H]1O[Si](C)(C)C(C)(C)C. The summed E-state index contributed by atoms with van der Waals surface area (Å²) in [7, 11) is -1.78. The second-order valence-electron chi connectivity index (χ2n) is 7.17. The lowest BCUT2D eigenvalue weighted by molar-refractivity contribution is -0.132. The fourth-order valence-corrected chi connectivity index (χ4v) is 3.43. The Morgan fingerprint density at radius 2 is 1.95 bits per heavy atom. The molecular weight excluding hydrogens is 254 g/mol. The van der Waals surface area contributed by atoms with E-state index in [1.807, 2.05) is 4.90 Å². The Morgan fingerprint density at radius 3 is 2.47 bits per heavy atom. The molecule has 19 heavy (non-hydrogen) atoms. The number of hydrogen-bond acceptors (Lipinski definition) is 2. The molecule has 0 aromatic rings. The Balaban J connectivity index is 2.63. The van der Waals surface area contributed by atoms with Crippen molar-refractivity contribution in [1.82, 2.24) is 4.90 Å². The van der Waals surface area contributed by atoms with Crippen LogP contribution in [0.25, 0.3) is 0 Å². The first-order valence-electron chi connectivity index (χ1n) is 7.66. The van der Waals surface area contributed by atoms with E-state index in [0.717, 1.165) is 19.4 Å². The molecule has 1 heterocycles. The highest BCUT2D eigenvalue weighted by Crippen LogP contribution is 2.39. The van der Waals surface area contributed by atoms with Crippen molar-refractivity contribution < 1.29 is 9.22 Å². The maximum absolute atomic E-state index is 12.0. The molecule has 112 valence electrons. The Hall–Kier alpha value is -0.353. The highest BCUT2D eigenvalue weighted by atomic mass is 28.4. The van der Waals surface area contributed by atoms with Gasteiger partial charge in [-0.1, -0.05) is 40.5 Å². The fourth-order valence-electron chi connectivity index (χ4n) is 2.15. The molecular formula is C15H31NO2Si. The molecule has 0 spiro atoms. The zero-order valence-electron chi connectivity index (χ0n) is 13.6. The van der Waals surface area contributed by atoms with Crippen LogP contribution in [0, 0.1) is 0 Å². The number of rotatable bonds is 6. The number of nitrogens with zero attached hydrogens (tertiary/aromatic N) is 1. The van der Waals surface area contributed by atoms with E-state index in [-0.39, 0.29) is 17.2 Å². The van der Waals surface area contributed by atoms with Gasteiger partial charge in [-0.05, 0) is 24.6 Å². The maximum Gasteiger partial charge on any atom is 0.224 e. The van der Waals surface area contributed by atoms with Gasteiger partial charge in [0.2, 0.25) is 5.91 Å². The van der Waals surface area contributed by atoms with Crippen molar-refractivity contribution in [1.29, 1.82) is 0 Å². The third-order valence-electron chi connectivity index (χ3n) is 4.51. The molecule has 1 amide bonds. The van der Waals surface area contributed by atoms with Crippen molar-refractivity contribution in [2.45, 2.75) is 84.2 Å². The largest absolute Gasteiger partial charge is 0.397 e. The summed E-state index contributed by atoms with van der Waals surface area (Å²) < 4.78 is 6.42. The van der Waals surface area contributed by atoms with Gasteiger partial charge in [0.1, 0.15) is 6.23 Å². The van der Waals surface area contributed by atoms with Crippen LogP contribution >= 0.6 is 0 Å². The molecule has 1 saturated heterocycles. The summed E-state index contributed by atoms with van der Waals surface area (Å²) in [6.07, 6.45) is 5.04. The van der Waals surface area contributed by atoms with Crippen LogP contribution in [-0.4, -0.2) is 31.9 Å². The van der Waals surface area contributed by atoms with Gasteiger partial charge in [0.05, 0.1) is 0 Å². The Labute approximate surface area is 119 Å². The van der Waals surface area contributed by atoms with Gasteiger partial charge in [-0.15, -0.1) is 0 Å².